The molecule has 3 aromatic rings. The second-order valence-electron chi connectivity index (χ2n) is 4.34. The summed E-state index contributed by atoms with van der Waals surface area (Å²) in [7, 11) is 0. The highest BCUT2D eigenvalue weighted by Crippen LogP contribution is 2.34. The number of aromatic amines is 1. The molecule has 0 bridgehead atoms. The van der Waals surface area contributed by atoms with E-state index >= 15 is 0 Å². The Bertz CT molecular complexity index is 764. The minimum absolute atomic E-state index is 0.791. The Morgan fingerprint density at radius 3 is 3.25 bits per heavy atom. The maximum Gasteiger partial charge on any atom is 0.181 e. The maximum absolute atomic E-state index is 5.36. The van der Waals surface area contributed by atoms with E-state index in [1.165, 1.54) is 6.39 Å². The van der Waals surface area contributed by atoms with Crippen LogP contribution in [0.25, 0.3) is 15.9 Å². The van der Waals surface area contributed by atoms with E-state index in [1.54, 1.807) is 24.3 Å². The first-order valence-electron chi connectivity index (χ1n) is 6.20. The van der Waals surface area contributed by atoms with Crippen molar-refractivity contribution in [3.63, 3.8) is 0 Å². The second kappa shape index (κ2) is 4.68. The average molecular weight is 285 g/mol. The lowest BCUT2D eigenvalue weighted by Crippen LogP contribution is -2.24. The molecule has 1 aliphatic rings. The van der Waals surface area contributed by atoms with Crippen molar-refractivity contribution in [2.75, 3.05) is 17.2 Å². The third kappa shape index (κ3) is 1.87. The van der Waals surface area contributed by atoms with Crippen LogP contribution in [-0.4, -0.2) is 32.2 Å². The van der Waals surface area contributed by atoms with E-state index in [9.17, 15) is 0 Å². The van der Waals surface area contributed by atoms with Crippen LogP contribution in [0.3, 0.4) is 0 Å². The van der Waals surface area contributed by atoms with Crippen LogP contribution in [0, 0.1) is 0 Å². The zero-order valence-electron chi connectivity index (χ0n) is 10.5. The standard InChI is InChI=1S/C13H11N5OS/c1-2-15-12-9(1)13(17-7-16-12)18-3-4-20-11(6-18)10-5-14-8-19-10/h1-2,5-8H,3-4H2,(H,15,16,17). The number of nitrogens with zero attached hydrogens (tertiary/aromatic N) is 4. The molecule has 1 N–H and O–H groups in total. The number of rotatable bonds is 2. The van der Waals surface area contributed by atoms with Crippen LogP contribution >= 0.6 is 11.8 Å². The van der Waals surface area contributed by atoms with Crippen LogP contribution in [0.2, 0.25) is 0 Å². The predicted octanol–water partition coefficient (Wildman–Crippen LogP) is 2.50. The third-order valence-electron chi connectivity index (χ3n) is 3.14. The first-order valence-corrected chi connectivity index (χ1v) is 7.18. The summed E-state index contributed by atoms with van der Waals surface area (Å²) in [6.45, 7) is 0.902. The van der Waals surface area contributed by atoms with E-state index in [0.29, 0.717) is 0 Å². The van der Waals surface area contributed by atoms with E-state index < -0.39 is 0 Å². The smallest absolute Gasteiger partial charge is 0.181 e. The molecule has 0 saturated carbocycles. The molecule has 0 radical (unpaired) electrons. The summed E-state index contributed by atoms with van der Waals surface area (Å²) in [6.07, 6.45) is 8.70. The van der Waals surface area contributed by atoms with E-state index in [2.05, 4.69) is 31.0 Å². The fraction of sp³-hybridized carbons (Fsp3) is 0.154. The molecule has 4 heterocycles. The molecule has 3 aromatic heterocycles. The molecule has 1 aliphatic heterocycles. The largest absolute Gasteiger partial charge is 0.443 e. The van der Waals surface area contributed by atoms with Gasteiger partial charge in [0.15, 0.2) is 12.2 Å². The minimum Gasteiger partial charge on any atom is -0.443 e. The fourth-order valence-electron chi connectivity index (χ4n) is 2.22. The van der Waals surface area contributed by atoms with Crippen LogP contribution in [0.15, 0.2) is 41.8 Å². The molecule has 0 amide bonds. The Kier molecular flexibility index (Phi) is 2.70. The number of anilines is 1. The Balaban J connectivity index is 1.78. The zero-order chi connectivity index (χ0) is 13.4. The van der Waals surface area contributed by atoms with Crippen molar-refractivity contribution in [2.24, 2.45) is 0 Å². The van der Waals surface area contributed by atoms with Crippen molar-refractivity contribution in [3.8, 4) is 0 Å². The van der Waals surface area contributed by atoms with Gasteiger partial charge in [0, 0.05) is 24.7 Å². The molecule has 0 aromatic carbocycles. The number of hydrogen-bond acceptors (Lipinski definition) is 6. The van der Waals surface area contributed by atoms with Crippen molar-refractivity contribution in [1.29, 1.82) is 0 Å². The van der Waals surface area contributed by atoms with Gasteiger partial charge in [-0.05, 0) is 6.07 Å². The molecule has 0 atom stereocenters. The molecule has 7 heteroatoms. The van der Waals surface area contributed by atoms with E-state index in [-0.39, 0.29) is 0 Å². The lowest BCUT2D eigenvalue weighted by molar-refractivity contribution is 0.547. The highest BCUT2D eigenvalue weighted by molar-refractivity contribution is 8.08. The molecule has 0 saturated heterocycles. The van der Waals surface area contributed by atoms with Gasteiger partial charge in [-0.1, -0.05) is 0 Å². The quantitative estimate of drug-likeness (QED) is 0.780. The van der Waals surface area contributed by atoms with Gasteiger partial charge in [0.2, 0.25) is 0 Å². The van der Waals surface area contributed by atoms with Crippen LogP contribution in [-0.2, 0) is 0 Å². The summed E-state index contributed by atoms with van der Waals surface area (Å²) in [6, 6.07) is 1.99. The van der Waals surface area contributed by atoms with Crippen molar-refractivity contribution < 1.29 is 4.42 Å². The Morgan fingerprint density at radius 1 is 1.35 bits per heavy atom. The van der Waals surface area contributed by atoms with Crippen LogP contribution in [0.4, 0.5) is 5.82 Å². The molecule has 100 valence electrons. The molecule has 4 rings (SSSR count). The van der Waals surface area contributed by atoms with Crippen molar-refractivity contribution in [2.45, 2.75) is 0 Å². The molecular weight excluding hydrogens is 274 g/mol. The first kappa shape index (κ1) is 11.5. The normalized spacial score (nSPS) is 15.6. The van der Waals surface area contributed by atoms with Gasteiger partial charge in [-0.15, -0.1) is 11.8 Å². The van der Waals surface area contributed by atoms with Crippen molar-refractivity contribution in [1.82, 2.24) is 19.9 Å². The molecule has 0 fully saturated rings. The van der Waals surface area contributed by atoms with Crippen molar-refractivity contribution >= 4 is 33.5 Å². The summed E-state index contributed by atoms with van der Waals surface area (Å²) in [5.74, 6) is 2.68. The maximum atomic E-state index is 5.36. The minimum atomic E-state index is 0.791. The highest BCUT2D eigenvalue weighted by atomic mass is 32.2. The lowest BCUT2D eigenvalue weighted by atomic mass is 10.3. The van der Waals surface area contributed by atoms with E-state index in [0.717, 1.165) is 39.8 Å². The summed E-state index contributed by atoms with van der Waals surface area (Å²) in [4.78, 5) is 18.9. The van der Waals surface area contributed by atoms with Gasteiger partial charge in [-0.3, -0.25) is 0 Å². The molecular formula is C13H11N5OS. The molecule has 0 spiro atoms. The highest BCUT2D eigenvalue weighted by Gasteiger charge is 2.18. The SMILES string of the molecule is C1=C(c2cnco2)SCCN1c1ncnc2[nH]ccc12. The zero-order valence-corrected chi connectivity index (χ0v) is 11.3. The van der Waals surface area contributed by atoms with Gasteiger partial charge in [-0.2, -0.15) is 0 Å². The number of thioether (sulfide) groups is 1. The van der Waals surface area contributed by atoms with Crippen LogP contribution < -0.4 is 4.90 Å². The number of hydrogen-bond donors (Lipinski definition) is 1. The van der Waals surface area contributed by atoms with Gasteiger partial charge in [-0.25, -0.2) is 15.0 Å². The summed E-state index contributed by atoms with van der Waals surface area (Å²) < 4.78 is 5.36. The van der Waals surface area contributed by atoms with Crippen LogP contribution in [0.5, 0.6) is 0 Å². The first-order chi connectivity index (χ1) is 9.92. The Hall–Kier alpha value is -2.28. The van der Waals surface area contributed by atoms with Gasteiger partial charge in [0.1, 0.15) is 17.8 Å². The molecule has 0 aliphatic carbocycles. The number of H-pyrrole nitrogens is 1. The van der Waals surface area contributed by atoms with Gasteiger partial charge in [0.05, 0.1) is 16.5 Å². The summed E-state index contributed by atoms with van der Waals surface area (Å²) in [5.41, 5.74) is 0.850. The molecule has 0 unspecified atom stereocenters. The van der Waals surface area contributed by atoms with Gasteiger partial charge < -0.3 is 14.3 Å². The fourth-order valence-corrected chi connectivity index (χ4v) is 3.18. The van der Waals surface area contributed by atoms with Crippen molar-refractivity contribution in [3.05, 3.63) is 43.1 Å². The third-order valence-corrected chi connectivity index (χ3v) is 4.15. The van der Waals surface area contributed by atoms with E-state index in [1.807, 2.05) is 12.3 Å². The van der Waals surface area contributed by atoms with Gasteiger partial charge in [0.25, 0.3) is 0 Å². The lowest BCUT2D eigenvalue weighted by Gasteiger charge is -2.25. The van der Waals surface area contributed by atoms with Gasteiger partial charge >= 0.3 is 0 Å². The number of fused-ring (bicyclic) bond motifs is 1. The molecule has 6 nitrogen and oxygen atoms in total. The Morgan fingerprint density at radius 2 is 2.35 bits per heavy atom. The molecule has 20 heavy (non-hydrogen) atoms. The number of oxazole rings is 1. The Labute approximate surface area is 118 Å². The van der Waals surface area contributed by atoms with Crippen LogP contribution in [0.1, 0.15) is 5.76 Å². The number of nitrogens with one attached hydrogen (secondary N) is 1. The second-order valence-corrected chi connectivity index (χ2v) is 5.47. The summed E-state index contributed by atoms with van der Waals surface area (Å²) >= 11 is 1.76. The topological polar surface area (TPSA) is 70.8 Å². The van der Waals surface area contributed by atoms with E-state index in [4.69, 9.17) is 4.42 Å². The average Bonchev–Trinajstić information content (AvgIpc) is 3.18. The summed E-state index contributed by atoms with van der Waals surface area (Å²) in [5, 5.41) is 1.02. The number of aromatic nitrogens is 4. The predicted molar refractivity (Wildman–Crippen MR) is 78.2 cm³/mol. The monoisotopic (exact) mass is 285 g/mol.